The minimum atomic E-state index is -0.0976. The van der Waals surface area contributed by atoms with Gasteiger partial charge in [-0.1, -0.05) is 74.5 Å². The molecule has 3 rings (SSSR count). The fourth-order valence-electron chi connectivity index (χ4n) is 4.06. The molecule has 5 heteroatoms. The van der Waals surface area contributed by atoms with E-state index < -0.39 is 0 Å². The first-order valence-electron chi connectivity index (χ1n) is 11.1. The lowest BCUT2D eigenvalue weighted by atomic mass is 9.88. The van der Waals surface area contributed by atoms with Gasteiger partial charge in [0.1, 0.15) is 0 Å². The van der Waals surface area contributed by atoms with Crippen LogP contribution in [0.1, 0.15) is 36.9 Å². The Morgan fingerprint density at radius 1 is 0.900 bits per heavy atom. The molecule has 2 unspecified atom stereocenters. The van der Waals surface area contributed by atoms with Gasteiger partial charge in [-0.15, -0.1) is 0 Å². The van der Waals surface area contributed by atoms with Gasteiger partial charge in [0.25, 0.3) is 0 Å². The summed E-state index contributed by atoms with van der Waals surface area (Å²) in [5.41, 5.74) is 2.42. The van der Waals surface area contributed by atoms with Gasteiger partial charge in [0, 0.05) is 45.2 Å². The molecule has 0 radical (unpaired) electrons. The van der Waals surface area contributed by atoms with E-state index >= 15 is 0 Å². The Bertz CT molecular complexity index is 757. The van der Waals surface area contributed by atoms with Crippen molar-refractivity contribution in [2.24, 2.45) is 5.92 Å². The summed E-state index contributed by atoms with van der Waals surface area (Å²) in [7, 11) is 2.16. The van der Waals surface area contributed by atoms with E-state index in [9.17, 15) is 4.79 Å². The van der Waals surface area contributed by atoms with Crippen molar-refractivity contribution < 1.29 is 4.79 Å². The van der Waals surface area contributed by atoms with Crippen molar-refractivity contribution in [1.29, 1.82) is 0 Å². The standard InChI is InChI=1S/C25H36N4O/c1-20(2)23(21-10-6-4-7-11-21)18-26-25(30)27-24(22-12-8-5-9-13-22)19-29-16-14-28(3)15-17-29/h4-13,20,23-24H,14-19H2,1-3H3,(H2,26,27,30). The van der Waals surface area contributed by atoms with Gasteiger partial charge in [0.15, 0.2) is 0 Å². The molecule has 1 aliphatic heterocycles. The van der Waals surface area contributed by atoms with Gasteiger partial charge in [0.2, 0.25) is 0 Å². The summed E-state index contributed by atoms with van der Waals surface area (Å²) in [6.45, 7) is 10.1. The zero-order chi connectivity index (χ0) is 21.3. The molecule has 0 aliphatic carbocycles. The van der Waals surface area contributed by atoms with E-state index in [1.807, 2.05) is 24.3 Å². The van der Waals surface area contributed by atoms with Crippen LogP contribution < -0.4 is 10.6 Å². The van der Waals surface area contributed by atoms with Crippen molar-refractivity contribution in [3.63, 3.8) is 0 Å². The first kappa shape index (κ1) is 22.3. The zero-order valence-electron chi connectivity index (χ0n) is 18.6. The highest BCUT2D eigenvalue weighted by Crippen LogP contribution is 2.23. The van der Waals surface area contributed by atoms with Crippen LogP contribution in [-0.4, -0.2) is 62.1 Å². The quantitative estimate of drug-likeness (QED) is 0.700. The average molecular weight is 409 g/mol. The molecular formula is C25H36N4O. The van der Waals surface area contributed by atoms with Crippen LogP contribution in [0.15, 0.2) is 60.7 Å². The largest absolute Gasteiger partial charge is 0.338 e. The van der Waals surface area contributed by atoms with Crippen LogP contribution in [0.2, 0.25) is 0 Å². The van der Waals surface area contributed by atoms with Crippen molar-refractivity contribution in [3.05, 3.63) is 71.8 Å². The van der Waals surface area contributed by atoms with E-state index in [2.05, 4.69) is 77.7 Å². The van der Waals surface area contributed by atoms with Crippen molar-refractivity contribution >= 4 is 6.03 Å². The van der Waals surface area contributed by atoms with Gasteiger partial charge in [-0.3, -0.25) is 4.90 Å². The first-order chi connectivity index (χ1) is 14.5. The molecule has 1 fully saturated rings. The summed E-state index contributed by atoms with van der Waals surface area (Å²) < 4.78 is 0. The number of amides is 2. The van der Waals surface area contributed by atoms with Crippen LogP contribution in [0, 0.1) is 5.92 Å². The summed E-state index contributed by atoms with van der Waals surface area (Å²) in [6, 6.07) is 20.6. The zero-order valence-corrected chi connectivity index (χ0v) is 18.6. The Morgan fingerprint density at radius 2 is 1.47 bits per heavy atom. The lowest BCUT2D eigenvalue weighted by Crippen LogP contribution is -2.49. The van der Waals surface area contributed by atoms with Crippen molar-refractivity contribution in [2.45, 2.75) is 25.8 Å². The number of nitrogens with one attached hydrogen (secondary N) is 2. The van der Waals surface area contributed by atoms with Crippen molar-refractivity contribution in [2.75, 3.05) is 46.3 Å². The monoisotopic (exact) mass is 408 g/mol. The fraction of sp³-hybridized carbons (Fsp3) is 0.480. The van der Waals surface area contributed by atoms with Crippen molar-refractivity contribution in [3.8, 4) is 0 Å². The number of rotatable bonds is 8. The molecule has 30 heavy (non-hydrogen) atoms. The molecule has 1 heterocycles. The topological polar surface area (TPSA) is 47.6 Å². The third-order valence-corrected chi connectivity index (χ3v) is 6.06. The lowest BCUT2D eigenvalue weighted by molar-refractivity contribution is 0.142. The third kappa shape index (κ3) is 6.57. The van der Waals surface area contributed by atoms with Crippen LogP contribution in [0.4, 0.5) is 4.79 Å². The van der Waals surface area contributed by atoms with Gasteiger partial charge in [-0.25, -0.2) is 4.79 Å². The number of nitrogens with zero attached hydrogens (tertiary/aromatic N) is 2. The highest BCUT2D eigenvalue weighted by Gasteiger charge is 2.22. The number of likely N-dealkylation sites (N-methyl/N-ethyl adjacent to an activating group) is 1. The molecule has 0 saturated carbocycles. The van der Waals surface area contributed by atoms with Crippen molar-refractivity contribution in [1.82, 2.24) is 20.4 Å². The van der Waals surface area contributed by atoms with Gasteiger partial charge >= 0.3 is 6.03 Å². The molecule has 0 aromatic heterocycles. The van der Waals surface area contributed by atoms with Gasteiger partial charge in [-0.2, -0.15) is 0 Å². The number of hydrogen-bond donors (Lipinski definition) is 2. The highest BCUT2D eigenvalue weighted by atomic mass is 16.2. The third-order valence-electron chi connectivity index (χ3n) is 6.06. The Kier molecular flexibility index (Phi) is 8.29. The maximum absolute atomic E-state index is 12.8. The van der Waals surface area contributed by atoms with Crippen LogP contribution >= 0.6 is 0 Å². The van der Waals surface area contributed by atoms with Gasteiger partial charge < -0.3 is 15.5 Å². The smallest absolute Gasteiger partial charge is 0.315 e. The fourth-order valence-corrected chi connectivity index (χ4v) is 4.06. The second kappa shape index (κ2) is 11.1. The summed E-state index contributed by atoms with van der Waals surface area (Å²) in [6.07, 6.45) is 0. The summed E-state index contributed by atoms with van der Waals surface area (Å²) in [4.78, 5) is 17.6. The maximum atomic E-state index is 12.8. The Labute approximate surface area is 181 Å². The Morgan fingerprint density at radius 3 is 2.03 bits per heavy atom. The number of hydrogen-bond acceptors (Lipinski definition) is 3. The molecule has 2 aromatic carbocycles. The molecule has 2 N–H and O–H groups in total. The minimum Gasteiger partial charge on any atom is -0.338 e. The second-order valence-electron chi connectivity index (χ2n) is 8.68. The number of urea groups is 1. The van der Waals surface area contributed by atoms with Gasteiger partial charge in [0.05, 0.1) is 6.04 Å². The predicted molar refractivity (Wildman–Crippen MR) is 124 cm³/mol. The van der Waals surface area contributed by atoms with Crippen LogP contribution in [0.25, 0.3) is 0 Å². The Hall–Kier alpha value is -2.37. The summed E-state index contributed by atoms with van der Waals surface area (Å²) in [5, 5.41) is 6.36. The van der Waals surface area contributed by atoms with Crippen LogP contribution in [0.3, 0.4) is 0 Å². The Balaban J connectivity index is 1.61. The van der Waals surface area contributed by atoms with Gasteiger partial charge in [-0.05, 0) is 24.1 Å². The van der Waals surface area contributed by atoms with E-state index in [1.54, 1.807) is 0 Å². The molecule has 2 amide bonds. The summed E-state index contributed by atoms with van der Waals surface area (Å²) >= 11 is 0. The number of carbonyl (C=O) groups is 1. The predicted octanol–water partition coefficient (Wildman–Crippen LogP) is 3.71. The van der Waals surface area contributed by atoms with E-state index in [-0.39, 0.29) is 12.1 Å². The molecule has 2 atom stereocenters. The lowest BCUT2D eigenvalue weighted by Gasteiger charge is -2.35. The number of piperazine rings is 1. The molecule has 162 valence electrons. The van der Waals surface area contributed by atoms with E-state index in [0.717, 1.165) is 38.3 Å². The number of benzene rings is 2. The normalized spacial score (nSPS) is 17.5. The molecule has 1 aliphatic rings. The molecule has 0 spiro atoms. The number of carbonyl (C=O) groups excluding carboxylic acids is 1. The maximum Gasteiger partial charge on any atom is 0.315 e. The highest BCUT2D eigenvalue weighted by molar-refractivity contribution is 5.74. The molecule has 0 bridgehead atoms. The van der Waals surface area contributed by atoms with E-state index in [1.165, 1.54) is 5.56 Å². The molecule has 1 saturated heterocycles. The van der Waals surface area contributed by atoms with Crippen LogP contribution in [-0.2, 0) is 0 Å². The minimum absolute atomic E-state index is 0.0242. The average Bonchev–Trinajstić information content (AvgIpc) is 2.76. The second-order valence-corrected chi connectivity index (χ2v) is 8.68. The molecule has 2 aromatic rings. The summed E-state index contributed by atoms with van der Waals surface area (Å²) in [5.74, 6) is 0.743. The SMILES string of the molecule is CC(C)C(CNC(=O)NC(CN1CCN(C)CC1)c1ccccc1)c1ccccc1. The van der Waals surface area contributed by atoms with Crippen LogP contribution in [0.5, 0.6) is 0 Å². The molecule has 5 nitrogen and oxygen atoms in total. The molecular weight excluding hydrogens is 372 g/mol. The first-order valence-corrected chi connectivity index (χ1v) is 11.1. The van der Waals surface area contributed by atoms with E-state index in [0.29, 0.717) is 18.4 Å². The van der Waals surface area contributed by atoms with E-state index in [4.69, 9.17) is 0 Å².